The van der Waals surface area contributed by atoms with E-state index in [9.17, 15) is 4.39 Å². The standard InChI is InChI=1S/C18H21BrFN/c1-3-8-21-18(9-14-6-4-13(2)5-7-14)15-10-16(19)12-17(20)11-15/h4-7,10-12,18,21H,3,8-9H2,1-2H3. The summed E-state index contributed by atoms with van der Waals surface area (Å²) in [6.07, 6.45) is 1.91. The van der Waals surface area contributed by atoms with Crippen LogP contribution in [0.1, 0.15) is 36.1 Å². The van der Waals surface area contributed by atoms with Crippen molar-refractivity contribution in [1.29, 1.82) is 0 Å². The summed E-state index contributed by atoms with van der Waals surface area (Å²) < 4.78 is 14.4. The first-order valence-corrected chi connectivity index (χ1v) is 8.12. The number of aryl methyl sites for hydroxylation is 1. The Balaban J connectivity index is 2.22. The van der Waals surface area contributed by atoms with Crippen LogP contribution in [0.15, 0.2) is 46.9 Å². The molecule has 0 aliphatic rings. The predicted molar refractivity (Wildman–Crippen MR) is 90.0 cm³/mol. The van der Waals surface area contributed by atoms with Gasteiger partial charge in [-0.25, -0.2) is 4.39 Å². The number of benzene rings is 2. The van der Waals surface area contributed by atoms with E-state index in [-0.39, 0.29) is 11.9 Å². The first-order valence-electron chi connectivity index (χ1n) is 7.33. The highest BCUT2D eigenvalue weighted by Gasteiger charge is 2.13. The van der Waals surface area contributed by atoms with Gasteiger partial charge in [0.05, 0.1) is 0 Å². The summed E-state index contributed by atoms with van der Waals surface area (Å²) in [4.78, 5) is 0. The molecule has 2 aromatic carbocycles. The molecule has 0 amide bonds. The summed E-state index contributed by atoms with van der Waals surface area (Å²) in [6, 6.07) is 13.7. The quantitative estimate of drug-likeness (QED) is 0.757. The molecule has 1 nitrogen and oxygen atoms in total. The molecule has 112 valence electrons. The topological polar surface area (TPSA) is 12.0 Å². The zero-order valence-electron chi connectivity index (χ0n) is 12.5. The molecule has 0 heterocycles. The van der Waals surface area contributed by atoms with E-state index in [1.807, 2.05) is 6.07 Å². The lowest BCUT2D eigenvalue weighted by Gasteiger charge is -2.20. The molecule has 1 unspecified atom stereocenters. The van der Waals surface area contributed by atoms with Crippen molar-refractivity contribution < 1.29 is 4.39 Å². The third kappa shape index (κ3) is 4.94. The molecular formula is C18H21BrFN. The van der Waals surface area contributed by atoms with E-state index in [4.69, 9.17) is 0 Å². The highest BCUT2D eigenvalue weighted by Crippen LogP contribution is 2.23. The minimum Gasteiger partial charge on any atom is -0.310 e. The fraction of sp³-hybridized carbons (Fsp3) is 0.333. The van der Waals surface area contributed by atoms with Gasteiger partial charge in [0.2, 0.25) is 0 Å². The van der Waals surface area contributed by atoms with Gasteiger partial charge >= 0.3 is 0 Å². The highest BCUT2D eigenvalue weighted by molar-refractivity contribution is 9.10. The molecule has 0 aliphatic carbocycles. The molecule has 2 aromatic rings. The van der Waals surface area contributed by atoms with Crippen molar-refractivity contribution in [2.75, 3.05) is 6.54 Å². The lowest BCUT2D eigenvalue weighted by Crippen LogP contribution is -2.24. The number of hydrogen-bond acceptors (Lipinski definition) is 1. The van der Waals surface area contributed by atoms with Gasteiger partial charge in [-0.05, 0) is 55.6 Å². The van der Waals surface area contributed by atoms with Crippen LogP contribution in [0.25, 0.3) is 0 Å². The Hall–Kier alpha value is -1.19. The first kappa shape index (κ1) is 16.2. The summed E-state index contributed by atoms with van der Waals surface area (Å²) in [7, 11) is 0. The second-order valence-corrected chi connectivity index (χ2v) is 6.31. The zero-order chi connectivity index (χ0) is 15.2. The Labute approximate surface area is 134 Å². The minimum atomic E-state index is -0.202. The van der Waals surface area contributed by atoms with Crippen LogP contribution in [0.3, 0.4) is 0 Å². The Morgan fingerprint density at radius 3 is 2.48 bits per heavy atom. The molecule has 0 radical (unpaired) electrons. The molecule has 2 rings (SSSR count). The maximum absolute atomic E-state index is 13.6. The molecule has 0 spiro atoms. The average Bonchev–Trinajstić information content (AvgIpc) is 2.44. The fourth-order valence-corrected chi connectivity index (χ4v) is 2.85. The fourth-order valence-electron chi connectivity index (χ4n) is 2.36. The van der Waals surface area contributed by atoms with Crippen molar-refractivity contribution in [3.8, 4) is 0 Å². The maximum Gasteiger partial charge on any atom is 0.124 e. The third-order valence-corrected chi connectivity index (χ3v) is 3.95. The summed E-state index contributed by atoms with van der Waals surface area (Å²) in [6.45, 7) is 5.14. The van der Waals surface area contributed by atoms with E-state index < -0.39 is 0 Å². The number of hydrogen-bond donors (Lipinski definition) is 1. The van der Waals surface area contributed by atoms with Crippen molar-refractivity contribution in [2.24, 2.45) is 0 Å². The van der Waals surface area contributed by atoms with Gasteiger partial charge in [0.1, 0.15) is 5.82 Å². The zero-order valence-corrected chi connectivity index (χ0v) is 14.1. The Morgan fingerprint density at radius 1 is 1.14 bits per heavy atom. The molecule has 0 saturated carbocycles. The first-order chi connectivity index (χ1) is 10.1. The lowest BCUT2D eigenvalue weighted by molar-refractivity contribution is 0.524. The monoisotopic (exact) mass is 349 g/mol. The van der Waals surface area contributed by atoms with Gasteiger partial charge in [-0.2, -0.15) is 0 Å². The van der Waals surface area contributed by atoms with Crippen molar-refractivity contribution in [3.05, 3.63) is 69.4 Å². The highest BCUT2D eigenvalue weighted by atomic mass is 79.9. The minimum absolute atomic E-state index is 0.125. The van der Waals surface area contributed by atoms with Gasteiger partial charge < -0.3 is 5.32 Å². The van der Waals surface area contributed by atoms with E-state index in [1.54, 1.807) is 6.07 Å². The van der Waals surface area contributed by atoms with Gasteiger partial charge in [-0.15, -0.1) is 0 Å². The molecule has 3 heteroatoms. The third-order valence-electron chi connectivity index (χ3n) is 3.49. The number of halogens is 2. The predicted octanol–water partition coefficient (Wildman–Crippen LogP) is 5.18. The van der Waals surface area contributed by atoms with Crippen LogP contribution in [0, 0.1) is 12.7 Å². The van der Waals surface area contributed by atoms with Crippen LogP contribution in [-0.4, -0.2) is 6.54 Å². The molecule has 1 atom stereocenters. The van der Waals surface area contributed by atoms with Crippen LogP contribution >= 0.6 is 15.9 Å². The second kappa shape index (κ2) is 7.71. The SMILES string of the molecule is CCCNC(Cc1ccc(C)cc1)c1cc(F)cc(Br)c1. The van der Waals surface area contributed by atoms with E-state index in [1.165, 1.54) is 17.2 Å². The van der Waals surface area contributed by atoms with Crippen LogP contribution in [-0.2, 0) is 6.42 Å². The average molecular weight is 350 g/mol. The Kier molecular flexibility index (Phi) is 5.95. The van der Waals surface area contributed by atoms with E-state index >= 15 is 0 Å². The van der Waals surface area contributed by atoms with Gasteiger partial charge in [-0.3, -0.25) is 0 Å². The summed E-state index contributed by atoms with van der Waals surface area (Å²) in [5.74, 6) is -0.202. The molecule has 1 N–H and O–H groups in total. The van der Waals surface area contributed by atoms with Gasteiger partial charge in [0.25, 0.3) is 0 Å². The number of nitrogens with one attached hydrogen (secondary N) is 1. The van der Waals surface area contributed by atoms with Crippen molar-refractivity contribution in [2.45, 2.75) is 32.7 Å². The Bertz CT molecular complexity index is 560. The van der Waals surface area contributed by atoms with Crippen LogP contribution in [0.4, 0.5) is 4.39 Å². The number of rotatable bonds is 6. The van der Waals surface area contributed by atoms with E-state index in [0.29, 0.717) is 0 Å². The lowest BCUT2D eigenvalue weighted by atomic mass is 9.98. The van der Waals surface area contributed by atoms with E-state index in [0.717, 1.165) is 29.4 Å². The summed E-state index contributed by atoms with van der Waals surface area (Å²) >= 11 is 3.38. The van der Waals surface area contributed by atoms with Crippen LogP contribution < -0.4 is 5.32 Å². The molecule has 0 fully saturated rings. The molecule has 21 heavy (non-hydrogen) atoms. The largest absolute Gasteiger partial charge is 0.310 e. The second-order valence-electron chi connectivity index (χ2n) is 5.40. The van der Waals surface area contributed by atoms with Gasteiger partial charge in [-0.1, -0.05) is 52.7 Å². The van der Waals surface area contributed by atoms with Crippen molar-refractivity contribution >= 4 is 15.9 Å². The van der Waals surface area contributed by atoms with Crippen LogP contribution in [0.5, 0.6) is 0 Å². The molecular weight excluding hydrogens is 329 g/mol. The van der Waals surface area contributed by atoms with Gasteiger partial charge in [0, 0.05) is 10.5 Å². The molecule has 0 saturated heterocycles. The molecule has 0 aromatic heterocycles. The van der Waals surface area contributed by atoms with Crippen LogP contribution in [0.2, 0.25) is 0 Å². The van der Waals surface area contributed by atoms with E-state index in [2.05, 4.69) is 59.4 Å². The molecule has 0 aliphatic heterocycles. The van der Waals surface area contributed by atoms with Crippen molar-refractivity contribution in [1.82, 2.24) is 5.32 Å². The summed E-state index contributed by atoms with van der Waals surface area (Å²) in [5.41, 5.74) is 3.50. The normalized spacial score (nSPS) is 12.4. The summed E-state index contributed by atoms with van der Waals surface area (Å²) in [5, 5.41) is 3.52. The smallest absolute Gasteiger partial charge is 0.124 e. The molecule has 0 bridgehead atoms. The van der Waals surface area contributed by atoms with Crippen molar-refractivity contribution in [3.63, 3.8) is 0 Å². The Morgan fingerprint density at radius 2 is 1.86 bits per heavy atom. The maximum atomic E-state index is 13.6. The van der Waals surface area contributed by atoms with Gasteiger partial charge in [0.15, 0.2) is 0 Å².